The highest BCUT2D eigenvalue weighted by Crippen LogP contribution is 2.21. The minimum Gasteiger partial charge on any atom is -0.340 e. The number of piperazine rings is 1. The van der Waals surface area contributed by atoms with Crippen molar-refractivity contribution in [2.24, 2.45) is 0 Å². The van der Waals surface area contributed by atoms with Crippen molar-refractivity contribution >= 4 is 27.5 Å². The molecule has 0 spiro atoms. The van der Waals surface area contributed by atoms with Crippen molar-refractivity contribution in [2.75, 3.05) is 39.5 Å². The molecule has 8 heteroatoms. The van der Waals surface area contributed by atoms with Crippen molar-refractivity contribution in [1.29, 1.82) is 0 Å². The molecular weight excluding hydrogens is 338 g/mol. The van der Waals surface area contributed by atoms with Crippen LogP contribution >= 0.6 is 11.6 Å². The number of hydrogen-bond donors (Lipinski definition) is 1. The topological polar surface area (TPSA) is 69.7 Å². The zero-order valence-electron chi connectivity index (χ0n) is 13.3. The Balaban J connectivity index is 2.11. The Hall–Kier alpha value is -1.15. The number of hydrogen-bond acceptors (Lipinski definition) is 4. The van der Waals surface area contributed by atoms with Crippen LogP contribution in [-0.2, 0) is 14.8 Å². The fraction of sp³-hybridized carbons (Fsp3) is 0.533. The van der Waals surface area contributed by atoms with Crippen molar-refractivity contribution in [3.63, 3.8) is 0 Å². The van der Waals surface area contributed by atoms with Crippen molar-refractivity contribution in [1.82, 2.24) is 14.5 Å². The average molecular weight is 360 g/mol. The lowest BCUT2D eigenvalue weighted by atomic mass is 10.0. The largest absolute Gasteiger partial charge is 0.340 e. The van der Waals surface area contributed by atoms with E-state index in [2.05, 4.69) is 9.62 Å². The van der Waals surface area contributed by atoms with E-state index in [1.165, 1.54) is 0 Å². The summed E-state index contributed by atoms with van der Waals surface area (Å²) in [6, 6.07) is 6.27. The first kappa shape index (κ1) is 18.2. The second-order valence-electron chi connectivity index (χ2n) is 5.88. The van der Waals surface area contributed by atoms with Crippen LogP contribution in [0.4, 0.5) is 0 Å². The highest BCUT2D eigenvalue weighted by molar-refractivity contribution is 7.88. The lowest BCUT2D eigenvalue weighted by molar-refractivity contribution is -0.133. The molecule has 2 rings (SSSR count). The molecule has 1 aliphatic rings. The quantitative estimate of drug-likeness (QED) is 0.854. The molecule has 1 heterocycles. The van der Waals surface area contributed by atoms with Crippen LogP contribution in [0, 0.1) is 0 Å². The Morgan fingerprint density at radius 2 is 1.78 bits per heavy atom. The summed E-state index contributed by atoms with van der Waals surface area (Å²) < 4.78 is 25.8. The van der Waals surface area contributed by atoms with Crippen LogP contribution in [0.25, 0.3) is 0 Å². The van der Waals surface area contributed by atoms with E-state index in [0.29, 0.717) is 18.1 Å². The highest BCUT2D eigenvalue weighted by Gasteiger charge is 2.25. The van der Waals surface area contributed by atoms with Gasteiger partial charge in [0.15, 0.2) is 0 Å². The van der Waals surface area contributed by atoms with Crippen LogP contribution in [0.1, 0.15) is 18.0 Å². The molecule has 128 valence electrons. The molecule has 1 aliphatic heterocycles. The summed E-state index contributed by atoms with van der Waals surface area (Å²) in [7, 11) is -1.41. The molecule has 0 aromatic heterocycles. The number of benzene rings is 1. The van der Waals surface area contributed by atoms with Crippen LogP contribution in [0.15, 0.2) is 24.3 Å². The monoisotopic (exact) mass is 359 g/mol. The molecule has 1 amide bonds. The first-order valence-corrected chi connectivity index (χ1v) is 9.70. The standard InChI is InChI=1S/C15H22ClN3O3S/c1-18-7-9-19(10-8-18)15(20)11-14(17-23(2,21)22)12-3-5-13(16)6-4-12/h3-6,14,17H,7-11H2,1-2H3/t14-/m0/s1. The Bertz CT molecular complexity index is 640. The van der Waals surface area contributed by atoms with Crippen LogP contribution in [0.2, 0.25) is 5.02 Å². The van der Waals surface area contributed by atoms with Crippen molar-refractivity contribution in [3.8, 4) is 0 Å². The first-order valence-electron chi connectivity index (χ1n) is 7.44. The number of sulfonamides is 1. The van der Waals surface area contributed by atoms with Gasteiger partial charge in [0, 0.05) is 37.6 Å². The summed E-state index contributed by atoms with van der Waals surface area (Å²) in [6.45, 7) is 3.00. The van der Waals surface area contributed by atoms with Gasteiger partial charge in [-0.15, -0.1) is 0 Å². The van der Waals surface area contributed by atoms with E-state index in [9.17, 15) is 13.2 Å². The van der Waals surface area contributed by atoms with Crippen molar-refractivity contribution < 1.29 is 13.2 Å². The van der Waals surface area contributed by atoms with Gasteiger partial charge in [-0.05, 0) is 24.7 Å². The normalized spacial score (nSPS) is 18.0. The Labute approximate surface area is 142 Å². The third kappa shape index (κ3) is 5.76. The molecule has 0 saturated carbocycles. The fourth-order valence-electron chi connectivity index (χ4n) is 2.54. The summed E-state index contributed by atoms with van der Waals surface area (Å²) in [6.07, 6.45) is 1.19. The Morgan fingerprint density at radius 3 is 2.30 bits per heavy atom. The average Bonchev–Trinajstić information content (AvgIpc) is 2.46. The number of nitrogens with zero attached hydrogens (tertiary/aromatic N) is 2. The molecule has 1 N–H and O–H groups in total. The number of rotatable bonds is 5. The van der Waals surface area contributed by atoms with Crippen molar-refractivity contribution in [3.05, 3.63) is 34.9 Å². The second kappa shape index (κ2) is 7.61. The molecule has 23 heavy (non-hydrogen) atoms. The van der Waals surface area contributed by atoms with Gasteiger partial charge in [-0.1, -0.05) is 23.7 Å². The predicted molar refractivity (Wildman–Crippen MR) is 90.9 cm³/mol. The number of amides is 1. The SMILES string of the molecule is CN1CCN(C(=O)C[C@H](NS(C)(=O)=O)c2ccc(Cl)cc2)CC1. The van der Waals surface area contributed by atoms with Gasteiger partial charge in [-0.2, -0.15) is 0 Å². The summed E-state index contributed by atoms with van der Waals surface area (Å²) >= 11 is 5.87. The summed E-state index contributed by atoms with van der Waals surface area (Å²) in [5, 5.41) is 0.567. The van der Waals surface area contributed by atoms with Gasteiger partial charge in [-0.3, -0.25) is 4.79 Å². The molecular formula is C15H22ClN3O3S. The number of likely N-dealkylation sites (N-methyl/N-ethyl adjacent to an activating group) is 1. The molecule has 1 atom stereocenters. The maximum absolute atomic E-state index is 12.5. The van der Waals surface area contributed by atoms with Crippen LogP contribution in [0.5, 0.6) is 0 Å². The highest BCUT2D eigenvalue weighted by atomic mass is 35.5. The minimum atomic E-state index is -3.43. The number of halogens is 1. The van der Waals surface area contributed by atoms with Crippen LogP contribution < -0.4 is 4.72 Å². The van der Waals surface area contributed by atoms with E-state index in [1.807, 2.05) is 7.05 Å². The Morgan fingerprint density at radius 1 is 1.22 bits per heavy atom. The third-order valence-corrected chi connectivity index (χ3v) is 4.83. The number of carbonyl (C=O) groups excluding carboxylic acids is 1. The molecule has 0 unspecified atom stereocenters. The van der Waals surface area contributed by atoms with E-state index >= 15 is 0 Å². The number of carbonyl (C=O) groups is 1. The summed E-state index contributed by atoms with van der Waals surface area (Å²) in [5.41, 5.74) is 0.724. The van der Waals surface area contributed by atoms with Crippen molar-refractivity contribution in [2.45, 2.75) is 12.5 Å². The smallest absolute Gasteiger partial charge is 0.224 e. The fourth-order valence-corrected chi connectivity index (χ4v) is 3.40. The molecule has 0 bridgehead atoms. The maximum atomic E-state index is 12.5. The maximum Gasteiger partial charge on any atom is 0.224 e. The van der Waals surface area contributed by atoms with Gasteiger partial charge < -0.3 is 9.80 Å². The third-order valence-electron chi connectivity index (χ3n) is 3.86. The zero-order chi connectivity index (χ0) is 17.0. The van der Waals surface area contributed by atoms with Crippen LogP contribution in [0.3, 0.4) is 0 Å². The zero-order valence-corrected chi connectivity index (χ0v) is 14.9. The Kier molecular flexibility index (Phi) is 6.02. The molecule has 0 radical (unpaired) electrons. The van der Waals surface area contributed by atoms with Gasteiger partial charge in [0.05, 0.1) is 12.3 Å². The van der Waals surface area contributed by atoms with E-state index in [-0.39, 0.29) is 12.3 Å². The lowest BCUT2D eigenvalue weighted by Crippen LogP contribution is -2.48. The molecule has 1 fully saturated rings. The lowest BCUT2D eigenvalue weighted by Gasteiger charge is -2.33. The summed E-state index contributed by atoms with van der Waals surface area (Å²) in [4.78, 5) is 16.4. The molecule has 1 aromatic carbocycles. The molecule has 1 saturated heterocycles. The van der Waals surface area contributed by atoms with E-state index in [0.717, 1.165) is 24.9 Å². The van der Waals surface area contributed by atoms with Gasteiger partial charge >= 0.3 is 0 Å². The second-order valence-corrected chi connectivity index (χ2v) is 8.10. The van der Waals surface area contributed by atoms with Crippen LogP contribution in [-0.4, -0.2) is 63.6 Å². The minimum absolute atomic E-state index is 0.0470. The number of nitrogens with one attached hydrogen (secondary N) is 1. The van der Waals surface area contributed by atoms with E-state index < -0.39 is 16.1 Å². The summed E-state index contributed by atoms with van der Waals surface area (Å²) in [5.74, 6) is -0.0470. The van der Waals surface area contributed by atoms with Gasteiger partial charge in [0.1, 0.15) is 0 Å². The predicted octanol–water partition coefficient (Wildman–Crippen LogP) is 1.09. The first-order chi connectivity index (χ1) is 10.7. The van der Waals surface area contributed by atoms with Gasteiger partial charge in [-0.25, -0.2) is 13.1 Å². The van der Waals surface area contributed by atoms with Gasteiger partial charge in [0.25, 0.3) is 0 Å². The van der Waals surface area contributed by atoms with E-state index in [4.69, 9.17) is 11.6 Å². The molecule has 6 nitrogen and oxygen atoms in total. The van der Waals surface area contributed by atoms with E-state index in [1.54, 1.807) is 29.2 Å². The molecule has 1 aromatic rings. The molecule has 0 aliphatic carbocycles. The van der Waals surface area contributed by atoms with Gasteiger partial charge in [0.2, 0.25) is 15.9 Å².